The minimum Gasteiger partial charge on any atom is -0.303 e. The maximum absolute atomic E-state index is 8.66. The van der Waals surface area contributed by atoms with Gasteiger partial charge in [0, 0.05) is 26.2 Å². The maximum atomic E-state index is 8.66. The molecule has 1 saturated heterocycles. The highest BCUT2D eigenvalue weighted by molar-refractivity contribution is 5.22. The van der Waals surface area contributed by atoms with E-state index in [1.165, 1.54) is 0 Å². The second-order valence-electron chi connectivity index (χ2n) is 3.52. The molecule has 14 heavy (non-hydrogen) atoms. The number of likely N-dealkylation sites (N-methyl/N-ethyl adjacent to an activating group) is 1. The van der Waals surface area contributed by atoms with Crippen molar-refractivity contribution >= 4 is 0 Å². The van der Waals surface area contributed by atoms with Crippen LogP contribution >= 0.6 is 0 Å². The van der Waals surface area contributed by atoms with Gasteiger partial charge in [0.15, 0.2) is 0 Å². The van der Waals surface area contributed by atoms with Crippen molar-refractivity contribution in [2.75, 3.05) is 38.2 Å². The lowest BCUT2D eigenvalue weighted by Gasteiger charge is -2.33. The quantitative estimate of drug-likeness (QED) is 0.608. The average molecular weight is 191 g/mol. The molecule has 0 saturated carbocycles. The molecule has 2 heterocycles. The summed E-state index contributed by atoms with van der Waals surface area (Å²) in [4.78, 5) is 4.05. The molecule has 2 rings (SSSR count). The van der Waals surface area contributed by atoms with Crippen molar-refractivity contribution < 1.29 is 0 Å². The molecule has 1 fully saturated rings. The zero-order valence-corrected chi connectivity index (χ0v) is 8.22. The van der Waals surface area contributed by atoms with Gasteiger partial charge in [-0.1, -0.05) is 0 Å². The molecule has 0 spiro atoms. The first-order valence-corrected chi connectivity index (χ1v) is 4.68. The zero-order chi connectivity index (χ0) is 9.97. The smallest absolute Gasteiger partial charge is 0.103 e. The van der Waals surface area contributed by atoms with Crippen molar-refractivity contribution in [3.63, 3.8) is 0 Å². The van der Waals surface area contributed by atoms with E-state index in [9.17, 15) is 0 Å². The van der Waals surface area contributed by atoms with Gasteiger partial charge in [-0.25, -0.2) is 0 Å². The number of hydrogen-bond acceptors (Lipinski definition) is 4. The standard InChI is InChI=1S/C9H13N5/c1-12-2-4-13(5-3-12)14-8-9(6-10)7-11-14/h7-8H,2-5H2,1H3. The molecule has 1 aromatic heterocycles. The van der Waals surface area contributed by atoms with Crippen molar-refractivity contribution in [1.29, 1.82) is 5.26 Å². The monoisotopic (exact) mass is 191 g/mol. The third-order valence-electron chi connectivity index (χ3n) is 2.47. The number of rotatable bonds is 1. The van der Waals surface area contributed by atoms with Crippen LogP contribution in [-0.4, -0.2) is 48.0 Å². The average Bonchev–Trinajstić information content (AvgIpc) is 2.67. The summed E-state index contributed by atoms with van der Waals surface area (Å²) in [6, 6.07) is 2.07. The fourth-order valence-corrected chi connectivity index (χ4v) is 1.53. The van der Waals surface area contributed by atoms with Crippen molar-refractivity contribution in [2.24, 2.45) is 0 Å². The third-order valence-corrected chi connectivity index (χ3v) is 2.47. The Morgan fingerprint density at radius 2 is 2.07 bits per heavy atom. The largest absolute Gasteiger partial charge is 0.303 e. The summed E-state index contributed by atoms with van der Waals surface area (Å²) in [6.45, 7) is 4.01. The Labute approximate surface area is 83.1 Å². The molecule has 0 N–H and O–H groups in total. The van der Waals surface area contributed by atoms with Gasteiger partial charge in [0.1, 0.15) is 6.07 Å². The van der Waals surface area contributed by atoms with Crippen LogP contribution in [0.1, 0.15) is 5.56 Å². The fraction of sp³-hybridized carbons (Fsp3) is 0.556. The zero-order valence-electron chi connectivity index (χ0n) is 8.22. The highest BCUT2D eigenvalue weighted by atomic mass is 15.7. The highest BCUT2D eigenvalue weighted by Gasteiger charge is 2.14. The summed E-state index contributed by atoms with van der Waals surface area (Å²) < 4.78 is 0. The van der Waals surface area contributed by atoms with Gasteiger partial charge in [-0.05, 0) is 7.05 Å². The fourth-order valence-electron chi connectivity index (χ4n) is 1.53. The Bertz CT molecular complexity index is 342. The molecule has 1 aromatic rings. The van der Waals surface area contributed by atoms with E-state index in [0.717, 1.165) is 26.2 Å². The second kappa shape index (κ2) is 3.68. The number of nitriles is 1. The number of piperazine rings is 1. The van der Waals surface area contributed by atoms with E-state index < -0.39 is 0 Å². The Balaban J connectivity index is 2.05. The van der Waals surface area contributed by atoms with Gasteiger partial charge in [0.05, 0.1) is 18.0 Å². The first kappa shape index (κ1) is 9.03. The van der Waals surface area contributed by atoms with Crippen LogP contribution in [0.15, 0.2) is 12.4 Å². The van der Waals surface area contributed by atoms with Gasteiger partial charge < -0.3 is 4.90 Å². The van der Waals surface area contributed by atoms with E-state index in [4.69, 9.17) is 5.26 Å². The van der Waals surface area contributed by atoms with E-state index in [0.29, 0.717) is 5.56 Å². The van der Waals surface area contributed by atoms with Crippen molar-refractivity contribution in [3.8, 4) is 6.07 Å². The molecule has 0 unspecified atom stereocenters. The Morgan fingerprint density at radius 3 is 2.64 bits per heavy atom. The lowest BCUT2D eigenvalue weighted by Crippen LogP contribution is -2.49. The molecule has 5 nitrogen and oxygen atoms in total. The van der Waals surface area contributed by atoms with Crippen LogP contribution in [0.25, 0.3) is 0 Å². The summed E-state index contributed by atoms with van der Waals surface area (Å²) in [5.41, 5.74) is 0.615. The van der Waals surface area contributed by atoms with Gasteiger partial charge >= 0.3 is 0 Å². The van der Waals surface area contributed by atoms with Gasteiger partial charge in [0.25, 0.3) is 0 Å². The van der Waals surface area contributed by atoms with Crippen molar-refractivity contribution in [2.45, 2.75) is 0 Å². The van der Waals surface area contributed by atoms with Crippen LogP contribution in [0.3, 0.4) is 0 Å². The summed E-state index contributed by atoms with van der Waals surface area (Å²) in [6.07, 6.45) is 3.36. The predicted molar refractivity (Wildman–Crippen MR) is 52.4 cm³/mol. The molecule has 0 aromatic carbocycles. The van der Waals surface area contributed by atoms with Gasteiger partial charge in [-0.15, -0.1) is 0 Å². The Hall–Kier alpha value is -1.54. The lowest BCUT2D eigenvalue weighted by molar-refractivity contribution is 0.281. The van der Waals surface area contributed by atoms with Crippen LogP contribution in [0.5, 0.6) is 0 Å². The van der Waals surface area contributed by atoms with E-state index in [1.807, 2.05) is 0 Å². The molecule has 1 aliphatic heterocycles. The van der Waals surface area contributed by atoms with Crippen molar-refractivity contribution in [1.82, 2.24) is 14.8 Å². The molecule has 0 bridgehead atoms. The number of aromatic nitrogens is 2. The first-order chi connectivity index (χ1) is 6.79. The molecular formula is C9H13N5. The third kappa shape index (κ3) is 1.70. The van der Waals surface area contributed by atoms with E-state index in [2.05, 4.69) is 28.1 Å². The number of hydrogen-bond donors (Lipinski definition) is 0. The summed E-state index contributed by atoms with van der Waals surface area (Å²) in [5.74, 6) is 0. The molecule has 74 valence electrons. The Morgan fingerprint density at radius 1 is 1.36 bits per heavy atom. The van der Waals surface area contributed by atoms with Gasteiger partial charge in [-0.2, -0.15) is 15.2 Å². The van der Waals surface area contributed by atoms with E-state index in [-0.39, 0.29) is 0 Å². The minimum absolute atomic E-state index is 0.615. The first-order valence-electron chi connectivity index (χ1n) is 4.68. The molecule has 0 atom stereocenters. The molecule has 1 aliphatic rings. The van der Waals surface area contributed by atoms with E-state index in [1.54, 1.807) is 17.2 Å². The van der Waals surface area contributed by atoms with Gasteiger partial charge in [-0.3, -0.25) is 5.01 Å². The highest BCUT2D eigenvalue weighted by Crippen LogP contribution is 2.00. The maximum Gasteiger partial charge on any atom is 0.103 e. The van der Waals surface area contributed by atoms with E-state index >= 15 is 0 Å². The van der Waals surface area contributed by atoms with Crippen LogP contribution in [0.4, 0.5) is 0 Å². The minimum atomic E-state index is 0.615. The second-order valence-corrected chi connectivity index (χ2v) is 3.52. The SMILES string of the molecule is CN1CCN(n2cc(C#N)cn2)CC1. The molecule has 5 heteroatoms. The molecule has 0 amide bonds. The molecular weight excluding hydrogens is 178 g/mol. The van der Waals surface area contributed by atoms with Crippen molar-refractivity contribution in [3.05, 3.63) is 18.0 Å². The lowest BCUT2D eigenvalue weighted by atomic mass is 10.4. The van der Waals surface area contributed by atoms with Crippen LogP contribution in [-0.2, 0) is 0 Å². The number of nitrogens with zero attached hydrogens (tertiary/aromatic N) is 5. The summed E-state index contributed by atoms with van der Waals surface area (Å²) >= 11 is 0. The summed E-state index contributed by atoms with van der Waals surface area (Å²) in [5, 5.41) is 14.9. The van der Waals surface area contributed by atoms with Gasteiger partial charge in [0.2, 0.25) is 0 Å². The van der Waals surface area contributed by atoms with Crippen LogP contribution < -0.4 is 5.01 Å². The summed E-state index contributed by atoms with van der Waals surface area (Å²) in [7, 11) is 2.11. The predicted octanol–water partition coefficient (Wildman–Crippen LogP) is -0.362. The van der Waals surface area contributed by atoms with Crippen LogP contribution in [0.2, 0.25) is 0 Å². The molecule has 0 aliphatic carbocycles. The molecule has 0 radical (unpaired) electrons. The topological polar surface area (TPSA) is 48.1 Å². The Kier molecular flexibility index (Phi) is 2.37. The normalized spacial score (nSPS) is 18.1. The van der Waals surface area contributed by atoms with Crippen LogP contribution in [0, 0.1) is 11.3 Å².